The molecule has 2 aromatic heterocycles. The average molecular weight is 319 g/mol. The topological polar surface area (TPSA) is 59.3 Å². The summed E-state index contributed by atoms with van der Waals surface area (Å²) in [4.78, 5) is 16.5. The van der Waals surface area contributed by atoms with Crippen LogP contribution in [-0.4, -0.2) is 20.5 Å². The van der Waals surface area contributed by atoms with Gasteiger partial charge in [0.1, 0.15) is 11.5 Å². The van der Waals surface area contributed by atoms with E-state index in [2.05, 4.69) is 15.4 Å². The number of hydrogen-bond acceptors (Lipinski definition) is 3. The zero-order valence-corrected chi connectivity index (χ0v) is 12.6. The number of rotatable bonds is 2. The number of benzene rings is 1. The summed E-state index contributed by atoms with van der Waals surface area (Å²) in [6, 6.07) is 7.41. The predicted octanol–water partition coefficient (Wildman–Crippen LogP) is 3.39. The molecule has 2 heterocycles. The molecule has 5 nitrogen and oxygen atoms in total. The molecule has 0 aliphatic heterocycles. The first-order valence-corrected chi connectivity index (χ1v) is 6.92. The molecule has 1 amide bonds. The predicted molar refractivity (Wildman–Crippen MR) is 81.8 cm³/mol. The van der Waals surface area contributed by atoms with Gasteiger partial charge in [0.05, 0.1) is 10.7 Å². The second kappa shape index (κ2) is 5.38. The Morgan fingerprint density at radius 2 is 2.05 bits per heavy atom. The molecule has 0 aliphatic rings. The maximum atomic E-state index is 13.1. The molecule has 0 saturated heterocycles. The van der Waals surface area contributed by atoms with Gasteiger partial charge in [-0.15, -0.1) is 0 Å². The highest BCUT2D eigenvalue weighted by Crippen LogP contribution is 2.20. The van der Waals surface area contributed by atoms with Gasteiger partial charge in [0, 0.05) is 17.4 Å². The fraction of sp³-hybridized carbons (Fsp3) is 0.133. The molecule has 3 aromatic rings. The Morgan fingerprint density at radius 1 is 1.27 bits per heavy atom. The molecule has 0 atom stereocenters. The molecule has 0 radical (unpaired) electrons. The van der Waals surface area contributed by atoms with Crippen LogP contribution >= 0.6 is 11.6 Å². The number of carbonyl (C=O) groups is 1. The molecule has 22 heavy (non-hydrogen) atoms. The third kappa shape index (κ3) is 2.65. The molecular weight excluding hydrogens is 307 g/mol. The van der Waals surface area contributed by atoms with Crippen LogP contribution in [0.5, 0.6) is 0 Å². The highest BCUT2D eigenvalue weighted by atomic mass is 35.5. The van der Waals surface area contributed by atoms with Crippen LogP contribution in [0.3, 0.4) is 0 Å². The first-order valence-electron chi connectivity index (χ1n) is 6.54. The van der Waals surface area contributed by atoms with Crippen molar-refractivity contribution < 1.29 is 9.18 Å². The van der Waals surface area contributed by atoms with Crippen LogP contribution in [0.1, 0.15) is 21.9 Å². The van der Waals surface area contributed by atoms with Crippen LogP contribution in [-0.2, 0) is 0 Å². The SMILES string of the molecule is Cc1cc2nc(C(=O)Nc3ccc(F)c(Cl)c3)cc(C)n2n1. The van der Waals surface area contributed by atoms with E-state index in [9.17, 15) is 9.18 Å². The number of nitrogens with zero attached hydrogens (tertiary/aromatic N) is 3. The van der Waals surface area contributed by atoms with Crippen molar-refractivity contribution in [2.24, 2.45) is 0 Å². The Balaban J connectivity index is 1.93. The zero-order chi connectivity index (χ0) is 15.9. The van der Waals surface area contributed by atoms with Crippen molar-refractivity contribution in [3.8, 4) is 0 Å². The minimum atomic E-state index is -0.537. The minimum absolute atomic E-state index is 0.0520. The number of nitrogens with one attached hydrogen (secondary N) is 1. The quantitative estimate of drug-likeness (QED) is 0.788. The Bertz CT molecular complexity index is 891. The van der Waals surface area contributed by atoms with Gasteiger partial charge in [0.15, 0.2) is 5.65 Å². The van der Waals surface area contributed by atoms with Gasteiger partial charge in [-0.25, -0.2) is 13.9 Å². The third-order valence-corrected chi connectivity index (χ3v) is 3.43. The summed E-state index contributed by atoms with van der Waals surface area (Å²) in [7, 11) is 0. The molecule has 112 valence electrons. The summed E-state index contributed by atoms with van der Waals surface area (Å²) in [5, 5.41) is 6.87. The van der Waals surface area contributed by atoms with Crippen molar-refractivity contribution >= 4 is 28.8 Å². The standard InChI is InChI=1S/C15H12ClFN4O/c1-8-5-14-19-13(6-9(2)21(14)20-8)15(22)18-10-3-4-12(17)11(16)7-10/h3-7H,1-2H3,(H,18,22). The Labute approximate surface area is 130 Å². The molecule has 1 aromatic carbocycles. The molecular formula is C15H12ClFN4O. The van der Waals surface area contributed by atoms with Crippen molar-refractivity contribution in [1.82, 2.24) is 14.6 Å². The van der Waals surface area contributed by atoms with Crippen molar-refractivity contribution in [2.45, 2.75) is 13.8 Å². The summed E-state index contributed by atoms with van der Waals surface area (Å²) in [5.74, 6) is -0.933. The molecule has 0 bridgehead atoms. The first kappa shape index (κ1) is 14.5. The smallest absolute Gasteiger partial charge is 0.274 e. The van der Waals surface area contributed by atoms with E-state index >= 15 is 0 Å². The molecule has 0 aliphatic carbocycles. The lowest BCUT2D eigenvalue weighted by Gasteiger charge is -2.07. The summed E-state index contributed by atoms with van der Waals surface area (Å²) in [5.41, 5.74) is 2.87. The van der Waals surface area contributed by atoms with Crippen molar-refractivity contribution in [2.75, 3.05) is 5.32 Å². The monoisotopic (exact) mass is 318 g/mol. The number of hydrogen-bond donors (Lipinski definition) is 1. The van der Waals surface area contributed by atoms with Gasteiger partial charge in [-0.1, -0.05) is 11.6 Å². The van der Waals surface area contributed by atoms with Crippen molar-refractivity contribution in [3.63, 3.8) is 0 Å². The third-order valence-electron chi connectivity index (χ3n) is 3.14. The van der Waals surface area contributed by atoms with E-state index in [-0.39, 0.29) is 10.7 Å². The van der Waals surface area contributed by atoms with Crippen LogP contribution in [0.15, 0.2) is 30.3 Å². The number of halogens is 2. The highest BCUT2D eigenvalue weighted by Gasteiger charge is 2.13. The fourth-order valence-electron chi connectivity index (χ4n) is 2.13. The Morgan fingerprint density at radius 3 is 2.77 bits per heavy atom. The maximum Gasteiger partial charge on any atom is 0.274 e. The van der Waals surface area contributed by atoms with Gasteiger partial charge in [-0.05, 0) is 38.1 Å². The van der Waals surface area contributed by atoms with Gasteiger partial charge >= 0.3 is 0 Å². The van der Waals surface area contributed by atoms with Crippen molar-refractivity contribution in [1.29, 1.82) is 0 Å². The lowest BCUT2D eigenvalue weighted by Crippen LogP contribution is -2.15. The van der Waals surface area contributed by atoms with Crippen LogP contribution in [0, 0.1) is 19.7 Å². The highest BCUT2D eigenvalue weighted by molar-refractivity contribution is 6.31. The van der Waals surface area contributed by atoms with Crippen LogP contribution in [0.25, 0.3) is 5.65 Å². The second-order valence-corrected chi connectivity index (χ2v) is 5.33. The normalized spacial score (nSPS) is 10.9. The van der Waals surface area contributed by atoms with E-state index < -0.39 is 11.7 Å². The fourth-order valence-corrected chi connectivity index (χ4v) is 2.31. The molecule has 0 unspecified atom stereocenters. The van der Waals surface area contributed by atoms with E-state index in [4.69, 9.17) is 11.6 Å². The van der Waals surface area contributed by atoms with E-state index in [1.165, 1.54) is 18.2 Å². The van der Waals surface area contributed by atoms with E-state index in [0.717, 1.165) is 11.4 Å². The van der Waals surface area contributed by atoms with E-state index in [1.54, 1.807) is 16.6 Å². The van der Waals surface area contributed by atoms with Crippen LogP contribution < -0.4 is 5.32 Å². The van der Waals surface area contributed by atoms with E-state index in [0.29, 0.717) is 11.3 Å². The van der Waals surface area contributed by atoms with Crippen molar-refractivity contribution in [3.05, 3.63) is 58.3 Å². The molecule has 0 fully saturated rings. The molecule has 0 saturated carbocycles. The number of carbonyl (C=O) groups excluding carboxylic acids is 1. The van der Waals surface area contributed by atoms with Crippen LogP contribution in [0.2, 0.25) is 5.02 Å². The minimum Gasteiger partial charge on any atom is -0.321 e. The maximum absolute atomic E-state index is 13.1. The number of fused-ring (bicyclic) bond motifs is 1. The summed E-state index contributed by atoms with van der Waals surface area (Å²) < 4.78 is 14.8. The molecule has 3 rings (SSSR count). The van der Waals surface area contributed by atoms with Gasteiger partial charge in [0.2, 0.25) is 0 Å². The molecule has 1 N–H and O–H groups in total. The van der Waals surface area contributed by atoms with Gasteiger partial charge in [0.25, 0.3) is 5.91 Å². The van der Waals surface area contributed by atoms with Crippen LogP contribution in [0.4, 0.5) is 10.1 Å². The number of amides is 1. The molecule has 0 spiro atoms. The lowest BCUT2D eigenvalue weighted by molar-refractivity contribution is 0.102. The van der Waals surface area contributed by atoms with Gasteiger partial charge in [-0.3, -0.25) is 4.79 Å². The first-order chi connectivity index (χ1) is 10.4. The number of aryl methyl sites for hydroxylation is 2. The summed E-state index contributed by atoms with van der Waals surface area (Å²) in [6.45, 7) is 3.70. The van der Waals surface area contributed by atoms with E-state index in [1.807, 2.05) is 13.8 Å². The Hall–Kier alpha value is -2.47. The number of anilines is 1. The largest absolute Gasteiger partial charge is 0.321 e. The van der Waals surface area contributed by atoms with Gasteiger partial charge < -0.3 is 5.32 Å². The Kier molecular flexibility index (Phi) is 3.54. The summed E-state index contributed by atoms with van der Waals surface area (Å²) in [6.07, 6.45) is 0. The van der Waals surface area contributed by atoms with Gasteiger partial charge in [-0.2, -0.15) is 5.10 Å². The second-order valence-electron chi connectivity index (χ2n) is 4.92. The summed E-state index contributed by atoms with van der Waals surface area (Å²) >= 11 is 5.70. The average Bonchev–Trinajstić information content (AvgIpc) is 2.84. The molecule has 7 heteroatoms. The zero-order valence-electron chi connectivity index (χ0n) is 11.9. The lowest BCUT2D eigenvalue weighted by atomic mass is 10.2. The number of aromatic nitrogens is 3.